The molecule has 4 atom stereocenters. The lowest BCUT2D eigenvalue weighted by Gasteiger charge is -2.50. The van der Waals surface area contributed by atoms with Crippen molar-refractivity contribution in [2.75, 3.05) is 20.3 Å². The Labute approximate surface area is 128 Å². The number of carbonyl (C=O) groups excluding carboxylic acids is 3. The summed E-state index contributed by atoms with van der Waals surface area (Å²) in [7, 11) is 1.11. The van der Waals surface area contributed by atoms with Crippen molar-refractivity contribution in [3.8, 4) is 0 Å². The Morgan fingerprint density at radius 1 is 1.00 bits per heavy atom. The summed E-state index contributed by atoms with van der Waals surface area (Å²) in [5.41, 5.74) is -1.91. The molecule has 0 unspecified atom stereocenters. The summed E-state index contributed by atoms with van der Waals surface area (Å²) in [5.74, 6) is -5.05. The van der Waals surface area contributed by atoms with Gasteiger partial charge in [-0.2, -0.15) is 0 Å². The summed E-state index contributed by atoms with van der Waals surface area (Å²) in [5, 5.41) is 19.8. The van der Waals surface area contributed by atoms with Crippen molar-refractivity contribution in [1.29, 1.82) is 0 Å². The number of hydrogen-bond acceptors (Lipinski definition) is 8. The second kappa shape index (κ2) is 7.06. The molecule has 8 nitrogen and oxygen atoms in total. The first-order chi connectivity index (χ1) is 10.3. The monoisotopic (exact) mass is 318 g/mol. The number of ether oxygens (including phenoxy) is 3. The van der Waals surface area contributed by atoms with Crippen LogP contribution in [0, 0.1) is 17.3 Å². The van der Waals surface area contributed by atoms with Crippen LogP contribution in [0.1, 0.15) is 20.8 Å². The minimum Gasteiger partial charge on any atom is -0.469 e. The summed E-state index contributed by atoms with van der Waals surface area (Å²) >= 11 is 0. The van der Waals surface area contributed by atoms with Crippen LogP contribution in [-0.2, 0) is 28.6 Å². The third-order valence-corrected chi connectivity index (χ3v) is 4.01. The molecule has 0 amide bonds. The van der Waals surface area contributed by atoms with Crippen molar-refractivity contribution in [2.45, 2.75) is 33.0 Å². The molecule has 126 valence electrons. The number of aliphatic hydroxyl groups is 2. The molecule has 22 heavy (non-hydrogen) atoms. The molecule has 1 aliphatic carbocycles. The SMILES string of the molecule is CCOC(=O)C(C)(C(=O)OCC)[C@@H]1[C@@H](O)[C@@H](O)[C@@H]1C(=O)OC. The molecular weight excluding hydrogens is 296 g/mol. The zero-order chi connectivity index (χ0) is 17.1. The minimum absolute atomic E-state index is 0.0160. The van der Waals surface area contributed by atoms with Gasteiger partial charge in [0.2, 0.25) is 0 Å². The Kier molecular flexibility index (Phi) is 5.90. The fourth-order valence-corrected chi connectivity index (χ4v) is 2.74. The normalized spacial score (nSPS) is 27.5. The highest BCUT2D eigenvalue weighted by atomic mass is 16.6. The number of carbonyl (C=O) groups is 3. The van der Waals surface area contributed by atoms with Crippen molar-refractivity contribution in [2.24, 2.45) is 17.3 Å². The van der Waals surface area contributed by atoms with Crippen LogP contribution in [-0.4, -0.2) is 60.7 Å². The Hall–Kier alpha value is -1.67. The van der Waals surface area contributed by atoms with Crippen LogP contribution in [0.2, 0.25) is 0 Å². The summed E-state index contributed by atoms with van der Waals surface area (Å²) in [6, 6.07) is 0. The summed E-state index contributed by atoms with van der Waals surface area (Å²) in [4.78, 5) is 36.3. The van der Waals surface area contributed by atoms with E-state index in [0.29, 0.717) is 0 Å². The lowest BCUT2D eigenvalue weighted by Crippen LogP contribution is -2.67. The van der Waals surface area contributed by atoms with Gasteiger partial charge >= 0.3 is 17.9 Å². The number of rotatable bonds is 6. The Morgan fingerprint density at radius 2 is 1.45 bits per heavy atom. The quantitative estimate of drug-likeness (QED) is 0.373. The van der Waals surface area contributed by atoms with E-state index in [1.807, 2.05) is 0 Å². The lowest BCUT2D eigenvalue weighted by molar-refractivity contribution is -0.223. The van der Waals surface area contributed by atoms with E-state index in [4.69, 9.17) is 9.47 Å². The van der Waals surface area contributed by atoms with E-state index < -0.39 is 47.4 Å². The minimum atomic E-state index is -1.91. The van der Waals surface area contributed by atoms with Crippen molar-refractivity contribution in [3.05, 3.63) is 0 Å². The van der Waals surface area contributed by atoms with Gasteiger partial charge < -0.3 is 24.4 Å². The van der Waals surface area contributed by atoms with Crippen molar-refractivity contribution < 1.29 is 38.8 Å². The second-order valence-corrected chi connectivity index (χ2v) is 5.20. The van der Waals surface area contributed by atoms with Crippen molar-refractivity contribution in [3.63, 3.8) is 0 Å². The molecule has 0 spiro atoms. The van der Waals surface area contributed by atoms with Gasteiger partial charge in [0.05, 0.1) is 38.4 Å². The summed E-state index contributed by atoms with van der Waals surface area (Å²) in [6.07, 6.45) is -2.86. The van der Waals surface area contributed by atoms with Crippen molar-refractivity contribution in [1.82, 2.24) is 0 Å². The van der Waals surface area contributed by atoms with Gasteiger partial charge in [-0.3, -0.25) is 14.4 Å². The second-order valence-electron chi connectivity index (χ2n) is 5.20. The topological polar surface area (TPSA) is 119 Å². The van der Waals surface area contributed by atoms with Gasteiger partial charge in [0.1, 0.15) is 0 Å². The maximum atomic E-state index is 12.3. The maximum Gasteiger partial charge on any atom is 0.323 e. The van der Waals surface area contributed by atoms with Gasteiger partial charge in [-0.25, -0.2) is 0 Å². The van der Waals surface area contributed by atoms with Crippen LogP contribution in [0.25, 0.3) is 0 Å². The van der Waals surface area contributed by atoms with Crippen LogP contribution in [0.5, 0.6) is 0 Å². The lowest BCUT2D eigenvalue weighted by atomic mass is 9.56. The molecular formula is C14H22O8. The highest BCUT2D eigenvalue weighted by molar-refractivity contribution is 6.01. The van der Waals surface area contributed by atoms with Gasteiger partial charge in [0.15, 0.2) is 5.41 Å². The Morgan fingerprint density at radius 3 is 1.82 bits per heavy atom. The predicted octanol–water partition coefficient (Wildman–Crippen LogP) is -0.740. The largest absolute Gasteiger partial charge is 0.469 e. The van der Waals surface area contributed by atoms with E-state index in [9.17, 15) is 24.6 Å². The number of methoxy groups -OCH3 is 1. The third kappa shape index (κ3) is 2.80. The number of aliphatic hydroxyl groups excluding tert-OH is 2. The zero-order valence-electron chi connectivity index (χ0n) is 13.1. The van der Waals surface area contributed by atoms with Gasteiger partial charge in [-0.05, 0) is 20.8 Å². The average Bonchev–Trinajstić information content (AvgIpc) is 2.50. The van der Waals surface area contributed by atoms with Crippen LogP contribution in [0.4, 0.5) is 0 Å². The standard InChI is InChI=1S/C14H22O8/c1-5-21-12(18)14(3,13(19)22-6-2)8-7(11(17)20-4)9(15)10(8)16/h7-10,15-16H,5-6H2,1-4H3/t7-,8+,9+,10-/m1/s1. The molecule has 8 heteroatoms. The molecule has 1 rings (SSSR count). The average molecular weight is 318 g/mol. The van der Waals surface area contributed by atoms with Crippen LogP contribution >= 0.6 is 0 Å². The predicted molar refractivity (Wildman–Crippen MR) is 72.4 cm³/mol. The van der Waals surface area contributed by atoms with E-state index in [-0.39, 0.29) is 13.2 Å². The van der Waals surface area contributed by atoms with Crippen LogP contribution in [0.15, 0.2) is 0 Å². The van der Waals surface area contributed by atoms with Crippen LogP contribution in [0.3, 0.4) is 0 Å². The zero-order valence-corrected chi connectivity index (χ0v) is 13.1. The van der Waals surface area contributed by atoms with E-state index in [1.165, 1.54) is 6.92 Å². The molecule has 0 aromatic rings. The van der Waals surface area contributed by atoms with Crippen molar-refractivity contribution >= 4 is 17.9 Å². The van der Waals surface area contributed by atoms with E-state index >= 15 is 0 Å². The summed E-state index contributed by atoms with van der Waals surface area (Å²) < 4.78 is 14.3. The van der Waals surface area contributed by atoms with E-state index in [2.05, 4.69) is 4.74 Å². The first kappa shape index (κ1) is 18.4. The molecule has 0 aliphatic heterocycles. The smallest absolute Gasteiger partial charge is 0.323 e. The molecule has 2 N–H and O–H groups in total. The molecule has 1 fully saturated rings. The molecule has 0 saturated heterocycles. The number of hydrogen-bond donors (Lipinski definition) is 2. The molecule has 0 heterocycles. The van der Waals surface area contributed by atoms with Gasteiger partial charge in [0.25, 0.3) is 0 Å². The van der Waals surface area contributed by atoms with E-state index in [1.54, 1.807) is 13.8 Å². The Balaban J connectivity index is 3.22. The Bertz CT molecular complexity index is 428. The molecule has 0 bridgehead atoms. The highest BCUT2D eigenvalue weighted by Crippen LogP contribution is 2.48. The molecule has 0 radical (unpaired) electrons. The molecule has 0 aromatic heterocycles. The van der Waals surface area contributed by atoms with Gasteiger partial charge in [0, 0.05) is 5.92 Å². The molecule has 0 aromatic carbocycles. The fraction of sp³-hybridized carbons (Fsp3) is 0.786. The first-order valence-electron chi connectivity index (χ1n) is 7.05. The molecule has 1 aliphatic rings. The first-order valence-corrected chi connectivity index (χ1v) is 7.05. The van der Waals surface area contributed by atoms with Crippen LogP contribution < -0.4 is 0 Å². The fourth-order valence-electron chi connectivity index (χ4n) is 2.74. The highest BCUT2D eigenvalue weighted by Gasteiger charge is 2.67. The third-order valence-electron chi connectivity index (χ3n) is 4.01. The van der Waals surface area contributed by atoms with Gasteiger partial charge in [-0.15, -0.1) is 0 Å². The summed E-state index contributed by atoms with van der Waals surface area (Å²) in [6.45, 7) is 4.39. The van der Waals surface area contributed by atoms with E-state index in [0.717, 1.165) is 7.11 Å². The molecule has 1 saturated carbocycles. The van der Waals surface area contributed by atoms with Gasteiger partial charge in [-0.1, -0.05) is 0 Å². The number of esters is 3. The maximum absolute atomic E-state index is 12.3.